The summed E-state index contributed by atoms with van der Waals surface area (Å²) in [6.07, 6.45) is 0.639. The van der Waals surface area contributed by atoms with Crippen LogP contribution in [0.25, 0.3) is 16.0 Å². The molecule has 1 saturated heterocycles. The molecule has 0 aliphatic carbocycles. The van der Waals surface area contributed by atoms with Crippen molar-refractivity contribution in [2.75, 3.05) is 12.0 Å². The zero-order valence-corrected chi connectivity index (χ0v) is 25.1. The number of rotatable bonds is 7. The van der Waals surface area contributed by atoms with E-state index in [1.807, 2.05) is 37.3 Å². The Morgan fingerprint density at radius 3 is 2.67 bits per heavy atom. The second kappa shape index (κ2) is 11.4. The van der Waals surface area contributed by atoms with Gasteiger partial charge in [-0.1, -0.05) is 47.7 Å². The highest BCUT2D eigenvalue weighted by molar-refractivity contribution is 7.22. The molecule has 8 nitrogen and oxygen atoms in total. The van der Waals surface area contributed by atoms with Crippen molar-refractivity contribution >= 4 is 44.1 Å². The average Bonchev–Trinajstić information content (AvgIpc) is 3.71. The van der Waals surface area contributed by atoms with Gasteiger partial charge in [0.15, 0.2) is 16.6 Å². The van der Waals surface area contributed by atoms with Crippen molar-refractivity contribution in [1.82, 2.24) is 4.98 Å². The lowest BCUT2D eigenvalue weighted by molar-refractivity contribution is -0.132. The fraction of sp³-hybridized carbons (Fsp3) is 0.171. The lowest BCUT2D eigenvalue weighted by atomic mass is 9.94. The number of thiazole rings is 1. The van der Waals surface area contributed by atoms with Crippen LogP contribution in [0.5, 0.6) is 17.2 Å². The van der Waals surface area contributed by atoms with Gasteiger partial charge in [-0.25, -0.2) is 9.37 Å². The summed E-state index contributed by atoms with van der Waals surface area (Å²) in [6, 6.07) is 23.1. The molecule has 4 aromatic carbocycles. The molecule has 0 bridgehead atoms. The normalized spacial score (nSPS) is 18.7. The van der Waals surface area contributed by atoms with E-state index in [-0.39, 0.29) is 22.6 Å². The molecule has 2 aliphatic rings. The fourth-order valence-corrected chi connectivity index (χ4v) is 6.79. The van der Waals surface area contributed by atoms with Gasteiger partial charge < -0.3 is 19.3 Å². The Morgan fingerprint density at radius 1 is 1.04 bits per heavy atom. The summed E-state index contributed by atoms with van der Waals surface area (Å²) in [5.41, 5.74) is 3.12. The van der Waals surface area contributed by atoms with Crippen LogP contribution in [0.1, 0.15) is 35.2 Å². The SMILES string of the molecule is COc1cc(C2C(=C(O)c3ccc4c(c3)CC(C)O4)C(=O)C(=O)N2c2nc3ccc(F)cc3s2)ccc1OCc1ccccc1. The monoisotopic (exact) mass is 622 g/mol. The third-order valence-corrected chi connectivity index (χ3v) is 8.92. The van der Waals surface area contributed by atoms with Crippen molar-refractivity contribution in [3.05, 3.63) is 119 Å². The van der Waals surface area contributed by atoms with Crippen molar-refractivity contribution < 1.29 is 33.3 Å². The summed E-state index contributed by atoms with van der Waals surface area (Å²) < 4.78 is 32.1. The third-order valence-electron chi connectivity index (χ3n) is 7.90. The van der Waals surface area contributed by atoms with Crippen molar-refractivity contribution in [2.45, 2.75) is 32.1 Å². The zero-order valence-electron chi connectivity index (χ0n) is 24.3. The van der Waals surface area contributed by atoms with Gasteiger partial charge >= 0.3 is 5.91 Å². The predicted molar refractivity (Wildman–Crippen MR) is 168 cm³/mol. The molecular formula is C35H27FN2O6S. The van der Waals surface area contributed by atoms with Gasteiger partial charge in [0.05, 0.1) is 28.9 Å². The topological polar surface area (TPSA) is 98.2 Å². The number of nitrogens with zero attached hydrogens (tertiary/aromatic N) is 2. The van der Waals surface area contributed by atoms with Gasteiger partial charge in [-0.3, -0.25) is 14.5 Å². The van der Waals surface area contributed by atoms with Gasteiger partial charge in [-0.05, 0) is 72.1 Å². The highest BCUT2D eigenvalue weighted by atomic mass is 32.1. The molecule has 1 aromatic heterocycles. The molecular weight excluding hydrogens is 595 g/mol. The number of carbonyl (C=O) groups excluding carboxylic acids is 2. The van der Waals surface area contributed by atoms with Crippen molar-refractivity contribution in [1.29, 1.82) is 0 Å². The van der Waals surface area contributed by atoms with E-state index in [0.717, 1.165) is 22.5 Å². The number of anilines is 1. The summed E-state index contributed by atoms with van der Waals surface area (Å²) in [5.74, 6) is -0.928. The molecule has 226 valence electrons. The molecule has 5 aromatic rings. The number of methoxy groups -OCH3 is 1. The van der Waals surface area contributed by atoms with Crippen molar-refractivity contribution in [3.63, 3.8) is 0 Å². The number of hydrogen-bond donors (Lipinski definition) is 1. The van der Waals surface area contributed by atoms with Crippen LogP contribution in [0, 0.1) is 5.82 Å². The molecule has 3 heterocycles. The molecule has 0 saturated carbocycles. The third kappa shape index (κ3) is 5.17. The molecule has 1 amide bonds. The summed E-state index contributed by atoms with van der Waals surface area (Å²) in [5, 5.41) is 11.9. The first-order valence-electron chi connectivity index (χ1n) is 14.3. The lowest BCUT2D eigenvalue weighted by Gasteiger charge is -2.24. The number of aliphatic hydroxyl groups is 1. The summed E-state index contributed by atoms with van der Waals surface area (Å²) in [7, 11) is 1.50. The van der Waals surface area contributed by atoms with Crippen LogP contribution >= 0.6 is 11.3 Å². The first-order valence-corrected chi connectivity index (χ1v) is 15.1. The fourth-order valence-electron chi connectivity index (χ4n) is 5.77. The molecule has 10 heteroatoms. The minimum Gasteiger partial charge on any atom is -0.507 e. The smallest absolute Gasteiger partial charge is 0.301 e. The van der Waals surface area contributed by atoms with Crippen LogP contribution < -0.4 is 19.1 Å². The number of halogens is 1. The molecule has 45 heavy (non-hydrogen) atoms. The largest absolute Gasteiger partial charge is 0.507 e. The number of benzene rings is 4. The first-order chi connectivity index (χ1) is 21.8. The van der Waals surface area contributed by atoms with Crippen molar-refractivity contribution in [3.8, 4) is 17.2 Å². The van der Waals surface area contributed by atoms with Gasteiger partial charge in [0.1, 0.15) is 30.0 Å². The molecule has 2 atom stereocenters. The van der Waals surface area contributed by atoms with E-state index >= 15 is 0 Å². The Morgan fingerprint density at radius 2 is 1.87 bits per heavy atom. The highest BCUT2D eigenvalue weighted by Crippen LogP contribution is 2.46. The number of ketones is 1. The second-order valence-electron chi connectivity index (χ2n) is 10.9. The molecule has 0 spiro atoms. The molecule has 2 unspecified atom stereocenters. The summed E-state index contributed by atoms with van der Waals surface area (Å²) >= 11 is 1.08. The van der Waals surface area contributed by atoms with Crippen LogP contribution in [0.4, 0.5) is 9.52 Å². The number of fused-ring (bicyclic) bond motifs is 2. The number of aromatic nitrogens is 1. The number of carbonyl (C=O) groups is 2. The summed E-state index contributed by atoms with van der Waals surface area (Å²) in [6.45, 7) is 2.26. The Labute approximate surface area is 261 Å². The second-order valence-corrected chi connectivity index (χ2v) is 11.9. The average molecular weight is 623 g/mol. The van der Waals surface area contributed by atoms with E-state index in [0.29, 0.717) is 51.6 Å². The number of Topliss-reactive ketones (excluding diaryl/α,β-unsaturated/α-hetero) is 1. The maximum absolute atomic E-state index is 14.0. The van der Waals surface area contributed by atoms with Gasteiger partial charge in [0.2, 0.25) is 0 Å². The maximum atomic E-state index is 14.0. The number of ether oxygens (including phenoxy) is 3. The quantitative estimate of drug-likeness (QED) is 0.119. The molecule has 1 N–H and O–H groups in total. The van der Waals surface area contributed by atoms with Crippen LogP contribution in [-0.4, -0.2) is 35.0 Å². The lowest BCUT2D eigenvalue weighted by Crippen LogP contribution is -2.29. The minimum absolute atomic E-state index is 0.0121. The van der Waals surface area contributed by atoms with Crippen LogP contribution in [-0.2, 0) is 22.6 Å². The number of aliphatic hydroxyl groups excluding tert-OH is 1. The van der Waals surface area contributed by atoms with E-state index in [4.69, 9.17) is 14.2 Å². The van der Waals surface area contributed by atoms with E-state index in [1.165, 1.54) is 30.2 Å². The first kappa shape index (κ1) is 28.5. The molecule has 0 radical (unpaired) electrons. The van der Waals surface area contributed by atoms with E-state index in [2.05, 4.69) is 4.98 Å². The predicted octanol–water partition coefficient (Wildman–Crippen LogP) is 6.97. The molecule has 1 fully saturated rings. The van der Waals surface area contributed by atoms with Crippen LogP contribution in [0.3, 0.4) is 0 Å². The Balaban J connectivity index is 1.35. The number of amides is 1. The Bertz CT molecular complexity index is 2010. The standard InChI is InChI=1S/C35H27FN2O6S/c1-19-14-23-15-22(9-12-26(23)44-19)32(39)30-31(21-8-13-27(28(16-21)42-2)43-18-20-6-4-3-5-7-20)38(34(41)33(30)40)35-37-25-11-10-24(36)17-29(25)45-35/h3-13,15-17,19,31,39H,14,18H2,1-2H3. The minimum atomic E-state index is -1.06. The Hall–Kier alpha value is -5.22. The van der Waals surface area contributed by atoms with E-state index in [9.17, 15) is 19.1 Å². The number of hydrogen-bond acceptors (Lipinski definition) is 8. The Kier molecular flexibility index (Phi) is 7.21. The van der Waals surface area contributed by atoms with Crippen LogP contribution in [0.15, 0.2) is 90.5 Å². The van der Waals surface area contributed by atoms with E-state index < -0.39 is 23.5 Å². The van der Waals surface area contributed by atoms with Crippen LogP contribution in [0.2, 0.25) is 0 Å². The maximum Gasteiger partial charge on any atom is 0.301 e. The van der Waals surface area contributed by atoms with Crippen molar-refractivity contribution in [2.24, 2.45) is 0 Å². The molecule has 7 rings (SSSR count). The molecule has 2 aliphatic heterocycles. The van der Waals surface area contributed by atoms with E-state index in [1.54, 1.807) is 36.4 Å². The zero-order chi connectivity index (χ0) is 31.2. The van der Waals surface area contributed by atoms with Gasteiger partial charge in [0.25, 0.3) is 5.78 Å². The van der Waals surface area contributed by atoms with Gasteiger partial charge in [-0.15, -0.1) is 0 Å². The highest BCUT2D eigenvalue weighted by Gasteiger charge is 2.48. The van der Waals surface area contributed by atoms with Gasteiger partial charge in [0, 0.05) is 12.0 Å². The summed E-state index contributed by atoms with van der Waals surface area (Å²) in [4.78, 5) is 33.3. The van der Waals surface area contributed by atoms with Gasteiger partial charge in [-0.2, -0.15) is 0 Å².